The van der Waals surface area contributed by atoms with Crippen LogP contribution in [0.2, 0.25) is 0 Å². The van der Waals surface area contributed by atoms with Crippen molar-refractivity contribution in [3.05, 3.63) is 47.5 Å². The number of nitrogens with zero attached hydrogens (tertiary/aromatic N) is 1. The molecular formula is C18H22N2O2. The molecule has 0 spiro atoms. The van der Waals surface area contributed by atoms with E-state index in [1.165, 1.54) is 5.56 Å². The molecule has 4 nitrogen and oxygen atoms in total. The van der Waals surface area contributed by atoms with E-state index in [4.69, 9.17) is 0 Å². The number of benzene rings is 1. The van der Waals surface area contributed by atoms with Crippen molar-refractivity contribution in [1.29, 1.82) is 0 Å². The van der Waals surface area contributed by atoms with Crippen LogP contribution in [0.25, 0.3) is 0 Å². The Morgan fingerprint density at radius 3 is 2.73 bits per heavy atom. The van der Waals surface area contributed by atoms with Crippen molar-refractivity contribution in [1.82, 2.24) is 10.2 Å². The number of carbonyl (C=O) groups is 1. The van der Waals surface area contributed by atoms with Crippen LogP contribution in [-0.4, -0.2) is 47.7 Å². The average Bonchev–Trinajstić information content (AvgIpc) is 3.12. The van der Waals surface area contributed by atoms with Crippen LogP contribution in [-0.2, 0) is 0 Å². The molecule has 1 unspecified atom stereocenters. The Labute approximate surface area is 130 Å². The number of hydrogen-bond acceptors (Lipinski definition) is 4. The predicted octanol–water partition coefficient (Wildman–Crippen LogP) is 1.38. The van der Waals surface area contributed by atoms with Gasteiger partial charge in [-0.05, 0) is 18.5 Å². The first-order valence-electron chi connectivity index (χ1n) is 8.01. The minimum absolute atomic E-state index is 0.178. The van der Waals surface area contributed by atoms with Gasteiger partial charge in [0.25, 0.3) is 0 Å². The van der Waals surface area contributed by atoms with E-state index < -0.39 is 5.72 Å². The fraction of sp³-hybridized carbons (Fsp3) is 0.500. The van der Waals surface area contributed by atoms with Gasteiger partial charge in [-0.1, -0.05) is 43.3 Å². The summed E-state index contributed by atoms with van der Waals surface area (Å²) in [6, 6.07) is 8.35. The summed E-state index contributed by atoms with van der Waals surface area (Å²) in [6.07, 6.45) is 5.34. The van der Waals surface area contributed by atoms with Crippen molar-refractivity contribution in [2.24, 2.45) is 11.8 Å². The molecule has 0 amide bonds. The summed E-state index contributed by atoms with van der Waals surface area (Å²) < 4.78 is 0. The molecule has 1 aromatic rings. The summed E-state index contributed by atoms with van der Waals surface area (Å²) in [7, 11) is 1.95. The summed E-state index contributed by atoms with van der Waals surface area (Å²) in [5, 5.41) is 14.2. The Kier molecular flexibility index (Phi) is 3.05. The monoisotopic (exact) mass is 298 g/mol. The number of piperidine rings is 1. The van der Waals surface area contributed by atoms with Gasteiger partial charge >= 0.3 is 0 Å². The first kappa shape index (κ1) is 14.1. The van der Waals surface area contributed by atoms with E-state index in [2.05, 4.69) is 29.3 Å². The van der Waals surface area contributed by atoms with Crippen molar-refractivity contribution < 1.29 is 9.90 Å². The van der Waals surface area contributed by atoms with Gasteiger partial charge in [-0.15, -0.1) is 0 Å². The lowest BCUT2D eigenvalue weighted by Crippen LogP contribution is -2.42. The van der Waals surface area contributed by atoms with Crippen molar-refractivity contribution >= 4 is 6.29 Å². The quantitative estimate of drug-likeness (QED) is 0.490. The van der Waals surface area contributed by atoms with E-state index in [0.29, 0.717) is 23.4 Å². The molecule has 4 aliphatic rings. The van der Waals surface area contributed by atoms with Crippen molar-refractivity contribution in [2.75, 3.05) is 13.6 Å². The Morgan fingerprint density at radius 2 is 2.09 bits per heavy atom. The highest BCUT2D eigenvalue weighted by Gasteiger charge is 2.76. The number of carbonyl (C=O) groups excluding carboxylic acids is 1. The average molecular weight is 298 g/mol. The van der Waals surface area contributed by atoms with Crippen molar-refractivity contribution in [3.8, 4) is 0 Å². The van der Waals surface area contributed by atoms with Gasteiger partial charge in [-0.3, -0.25) is 9.69 Å². The van der Waals surface area contributed by atoms with Gasteiger partial charge in [0.15, 0.2) is 0 Å². The highest BCUT2D eigenvalue weighted by molar-refractivity contribution is 5.74. The van der Waals surface area contributed by atoms with Gasteiger partial charge in [0.2, 0.25) is 0 Å². The van der Waals surface area contributed by atoms with Crippen LogP contribution in [0.15, 0.2) is 36.4 Å². The standard InChI is InChI=1S/C18H22N2O2/c1-11(13-5-3-12(10-21)4-6-13)17-14-7-8-16-18(22,20(16)17)15(14)9-19-2/h3-8,10-11,14-17,19,22H,9H2,1-2H3/t11-,14+,15+,16-,17-,18+,20?/m1/s1. The molecule has 0 radical (unpaired) electrons. The summed E-state index contributed by atoms with van der Waals surface area (Å²) in [5.74, 6) is 0.964. The van der Waals surface area contributed by atoms with Gasteiger partial charge in [-0.25, -0.2) is 0 Å². The van der Waals surface area contributed by atoms with Gasteiger partial charge in [-0.2, -0.15) is 0 Å². The second-order valence-electron chi connectivity index (χ2n) is 6.83. The van der Waals surface area contributed by atoms with Crippen LogP contribution in [0.1, 0.15) is 28.8 Å². The van der Waals surface area contributed by atoms with E-state index in [0.717, 1.165) is 12.8 Å². The second-order valence-corrected chi connectivity index (χ2v) is 6.83. The van der Waals surface area contributed by atoms with E-state index in [1.54, 1.807) is 0 Å². The summed E-state index contributed by atoms with van der Waals surface area (Å²) in [5.41, 5.74) is 1.29. The normalized spacial score (nSPS) is 42.2. The summed E-state index contributed by atoms with van der Waals surface area (Å²) in [4.78, 5) is 13.1. The minimum Gasteiger partial charge on any atom is -0.373 e. The van der Waals surface area contributed by atoms with Gasteiger partial charge < -0.3 is 10.4 Å². The molecule has 7 atom stereocenters. The molecule has 5 rings (SSSR count). The number of hydrogen-bond donors (Lipinski definition) is 2. The van der Waals surface area contributed by atoms with Crippen molar-refractivity contribution in [3.63, 3.8) is 0 Å². The zero-order valence-corrected chi connectivity index (χ0v) is 12.9. The summed E-state index contributed by atoms with van der Waals surface area (Å²) in [6.45, 7) is 3.07. The SMILES string of the molecule is CNC[C@H]1[C@@H]2C=C[C@H]3N([C@@H]2[C@H](C)c2ccc(C=O)cc2)[C@]13O. The molecular weight excluding hydrogens is 276 g/mol. The molecule has 0 saturated carbocycles. The molecule has 116 valence electrons. The first-order chi connectivity index (χ1) is 10.6. The largest absolute Gasteiger partial charge is 0.373 e. The van der Waals surface area contributed by atoms with Crippen LogP contribution in [0, 0.1) is 11.8 Å². The van der Waals surface area contributed by atoms with E-state index >= 15 is 0 Å². The van der Waals surface area contributed by atoms with Crippen molar-refractivity contribution in [2.45, 2.75) is 30.7 Å². The second kappa shape index (κ2) is 4.75. The molecule has 3 aliphatic heterocycles. The van der Waals surface area contributed by atoms with E-state index in [-0.39, 0.29) is 12.0 Å². The minimum atomic E-state index is -0.649. The van der Waals surface area contributed by atoms with Gasteiger partial charge in [0.1, 0.15) is 12.0 Å². The molecule has 1 aromatic carbocycles. The lowest BCUT2D eigenvalue weighted by molar-refractivity contribution is 0.0532. The smallest absolute Gasteiger partial charge is 0.150 e. The molecule has 2 fully saturated rings. The van der Waals surface area contributed by atoms with Crippen LogP contribution in [0.3, 0.4) is 0 Å². The third-order valence-electron chi connectivity index (χ3n) is 5.86. The Balaban J connectivity index is 1.63. The highest BCUT2D eigenvalue weighted by atomic mass is 16.3. The molecule has 4 heteroatoms. The lowest BCUT2D eigenvalue weighted by atomic mass is 9.74. The van der Waals surface area contributed by atoms with E-state index in [9.17, 15) is 9.90 Å². The number of nitrogens with one attached hydrogen (secondary N) is 1. The topological polar surface area (TPSA) is 52.3 Å². The summed E-state index contributed by atoms with van der Waals surface area (Å²) >= 11 is 0. The maximum atomic E-state index is 11.0. The lowest BCUT2D eigenvalue weighted by Gasteiger charge is -2.34. The Bertz CT molecular complexity index is 626. The molecule has 0 aromatic heterocycles. The fourth-order valence-electron chi connectivity index (χ4n) is 4.75. The predicted molar refractivity (Wildman–Crippen MR) is 84.7 cm³/mol. The van der Waals surface area contributed by atoms with Crippen LogP contribution >= 0.6 is 0 Å². The molecule has 2 N–H and O–H groups in total. The number of aldehydes is 1. The van der Waals surface area contributed by atoms with Gasteiger partial charge in [0.05, 0.1) is 6.04 Å². The van der Waals surface area contributed by atoms with Crippen LogP contribution < -0.4 is 5.32 Å². The number of aliphatic hydroxyl groups is 1. The zero-order valence-electron chi connectivity index (χ0n) is 12.9. The fourth-order valence-corrected chi connectivity index (χ4v) is 4.75. The van der Waals surface area contributed by atoms with Gasteiger partial charge in [0, 0.05) is 30.0 Å². The third kappa shape index (κ3) is 1.66. The molecule has 22 heavy (non-hydrogen) atoms. The molecule has 1 aliphatic carbocycles. The maximum Gasteiger partial charge on any atom is 0.150 e. The molecule has 3 heterocycles. The molecule has 4 bridgehead atoms. The number of rotatable bonds is 5. The first-order valence-corrected chi connectivity index (χ1v) is 8.01. The Hall–Kier alpha value is -1.49. The van der Waals surface area contributed by atoms with Crippen LogP contribution in [0.5, 0.6) is 0 Å². The maximum absolute atomic E-state index is 11.0. The Morgan fingerprint density at radius 1 is 1.36 bits per heavy atom. The van der Waals surface area contributed by atoms with E-state index in [1.807, 2.05) is 31.3 Å². The zero-order chi connectivity index (χ0) is 15.5. The third-order valence-corrected chi connectivity index (χ3v) is 5.86. The highest BCUT2D eigenvalue weighted by Crippen LogP contribution is 2.63. The molecule has 2 saturated heterocycles. The van der Waals surface area contributed by atoms with Crippen LogP contribution in [0.4, 0.5) is 0 Å².